The summed E-state index contributed by atoms with van der Waals surface area (Å²) in [6.07, 6.45) is 0. The van der Waals surface area contributed by atoms with Crippen LogP contribution in [-0.2, 0) is 6.61 Å². The van der Waals surface area contributed by atoms with Crippen molar-refractivity contribution in [2.45, 2.75) is 19.6 Å². The van der Waals surface area contributed by atoms with Crippen molar-refractivity contribution >= 4 is 15.9 Å². The molecule has 0 aliphatic rings. The molecule has 2 aromatic carbocycles. The Bertz CT molecular complexity index is 584. The van der Waals surface area contributed by atoms with Crippen LogP contribution in [0.3, 0.4) is 0 Å². The van der Waals surface area contributed by atoms with Crippen molar-refractivity contribution < 1.29 is 9.47 Å². The van der Waals surface area contributed by atoms with E-state index >= 15 is 0 Å². The molecule has 0 saturated carbocycles. The van der Waals surface area contributed by atoms with Gasteiger partial charge in [-0.3, -0.25) is 0 Å². The Labute approximate surface area is 127 Å². The molecule has 106 valence electrons. The molecule has 0 radical (unpaired) electrons. The molecule has 0 saturated heterocycles. The highest BCUT2D eigenvalue weighted by Crippen LogP contribution is 2.27. The second-order valence-corrected chi connectivity index (χ2v) is 5.49. The van der Waals surface area contributed by atoms with Gasteiger partial charge in [-0.1, -0.05) is 34.1 Å². The van der Waals surface area contributed by atoms with E-state index in [0.29, 0.717) is 6.61 Å². The molecule has 0 unspecified atom stereocenters. The largest absolute Gasteiger partial charge is 0.496 e. The zero-order valence-corrected chi connectivity index (χ0v) is 13.2. The van der Waals surface area contributed by atoms with Gasteiger partial charge in [0.2, 0.25) is 0 Å². The number of halogens is 1. The minimum atomic E-state index is -0.0596. The van der Waals surface area contributed by atoms with Gasteiger partial charge in [-0.05, 0) is 31.2 Å². The summed E-state index contributed by atoms with van der Waals surface area (Å²) in [5.74, 6) is 1.62. The van der Waals surface area contributed by atoms with Gasteiger partial charge in [0.15, 0.2) is 0 Å². The molecule has 0 aromatic heterocycles. The van der Waals surface area contributed by atoms with Gasteiger partial charge >= 0.3 is 0 Å². The van der Waals surface area contributed by atoms with Crippen molar-refractivity contribution in [1.82, 2.24) is 0 Å². The maximum atomic E-state index is 5.95. The van der Waals surface area contributed by atoms with Crippen LogP contribution in [0.2, 0.25) is 0 Å². The average molecular weight is 336 g/mol. The van der Waals surface area contributed by atoms with Crippen LogP contribution < -0.4 is 15.2 Å². The third-order valence-electron chi connectivity index (χ3n) is 3.04. The fourth-order valence-corrected chi connectivity index (χ4v) is 2.41. The Kier molecular flexibility index (Phi) is 5.04. The molecular formula is C16H18BrNO2. The molecule has 0 aliphatic heterocycles. The second-order valence-electron chi connectivity index (χ2n) is 4.57. The van der Waals surface area contributed by atoms with Gasteiger partial charge in [0.25, 0.3) is 0 Å². The number of rotatable bonds is 5. The number of hydrogen-bond acceptors (Lipinski definition) is 3. The highest BCUT2D eigenvalue weighted by Gasteiger charge is 2.09. The minimum Gasteiger partial charge on any atom is -0.496 e. The SMILES string of the molecule is COc1ccc(Br)cc1COc1ccccc1[C@H](C)N. The lowest BCUT2D eigenvalue weighted by atomic mass is 10.1. The van der Waals surface area contributed by atoms with Crippen molar-refractivity contribution in [3.63, 3.8) is 0 Å². The lowest BCUT2D eigenvalue weighted by molar-refractivity contribution is 0.292. The number of para-hydroxylation sites is 1. The van der Waals surface area contributed by atoms with Crippen LogP contribution in [-0.4, -0.2) is 7.11 Å². The summed E-state index contributed by atoms with van der Waals surface area (Å²) in [5, 5.41) is 0. The number of methoxy groups -OCH3 is 1. The highest BCUT2D eigenvalue weighted by molar-refractivity contribution is 9.10. The molecule has 4 heteroatoms. The van der Waals surface area contributed by atoms with Crippen LogP contribution in [0.5, 0.6) is 11.5 Å². The maximum absolute atomic E-state index is 5.95. The number of ether oxygens (including phenoxy) is 2. The fourth-order valence-electron chi connectivity index (χ4n) is 2.00. The smallest absolute Gasteiger partial charge is 0.125 e. The summed E-state index contributed by atoms with van der Waals surface area (Å²) >= 11 is 3.46. The summed E-state index contributed by atoms with van der Waals surface area (Å²) in [7, 11) is 1.66. The molecule has 0 bridgehead atoms. The first-order chi connectivity index (χ1) is 9.61. The Morgan fingerprint density at radius 3 is 2.60 bits per heavy atom. The van der Waals surface area contributed by atoms with Crippen molar-refractivity contribution in [3.05, 3.63) is 58.1 Å². The first kappa shape index (κ1) is 14.9. The molecule has 2 N–H and O–H groups in total. The van der Waals surface area contributed by atoms with Gasteiger partial charge < -0.3 is 15.2 Å². The zero-order valence-electron chi connectivity index (χ0n) is 11.6. The number of benzene rings is 2. The van der Waals surface area contributed by atoms with E-state index < -0.39 is 0 Å². The van der Waals surface area contributed by atoms with Crippen molar-refractivity contribution in [2.75, 3.05) is 7.11 Å². The molecule has 2 rings (SSSR count). The van der Waals surface area contributed by atoms with Crippen LogP contribution in [0.25, 0.3) is 0 Å². The Hall–Kier alpha value is -1.52. The molecule has 0 aliphatic carbocycles. The number of hydrogen-bond donors (Lipinski definition) is 1. The van der Waals surface area contributed by atoms with Gasteiger partial charge in [0, 0.05) is 21.6 Å². The van der Waals surface area contributed by atoms with Crippen molar-refractivity contribution in [2.24, 2.45) is 5.73 Å². The van der Waals surface area contributed by atoms with Crippen LogP contribution in [0.15, 0.2) is 46.9 Å². The predicted molar refractivity (Wildman–Crippen MR) is 84.1 cm³/mol. The van der Waals surface area contributed by atoms with Crippen LogP contribution in [0, 0.1) is 0 Å². The van der Waals surface area contributed by atoms with E-state index in [1.54, 1.807) is 7.11 Å². The molecule has 0 heterocycles. The normalized spacial score (nSPS) is 12.0. The third kappa shape index (κ3) is 3.52. The van der Waals surface area contributed by atoms with Gasteiger partial charge in [0.05, 0.1) is 7.11 Å². The maximum Gasteiger partial charge on any atom is 0.125 e. The topological polar surface area (TPSA) is 44.5 Å². The first-order valence-electron chi connectivity index (χ1n) is 6.41. The lowest BCUT2D eigenvalue weighted by Crippen LogP contribution is -2.08. The first-order valence-corrected chi connectivity index (χ1v) is 7.21. The molecule has 3 nitrogen and oxygen atoms in total. The summed E-state index contributed by atoms with van der Waals surface area (Å²) in [6, 6.07) is 13.6. The summed E-state index contributed by atoms with van der Waals surface area (Å²) in [6.45, 7) is 2.38. The van der Waals surface area contributed by atoms with Gasteiger partial charge in [0.1, 0.15) is 18.1 Å². The highest BCUT2D eigenvalue weighted by atomic mass is 79.9. The molecule has 0 spiro atoms. The third-order valence-corrected chi connectivity index (χ3v) is 3.53. The van der Waals surface area contributed by atoms with E-state index in [9.17, 15) is 0 Å². The van der Waals surface area contributed by atoms with Gasteiger partial charge in [-0.25, -0.2) is 0 Å². The monoisotopic (exact) mass is 335 g/mol. The Balaban J connectivity index is 2.19. The van der Waals surface area contributed by atoms with Crippen LogP contribution in [0.1, 0.15) is 24.1 Å². The molecule has 1 atom stereocenters. The zero-order chi connectivity index (χ0) is 14.5. The molecule has 0 amide bonds. The molecule has 20 heavy (non-hydrogen) atoms. The summed E-state index contributed by atoms with van der Waals surface area (Å²) in [4.78, 5) is 0. The van der Waals surface area contributed by atoms with E-state index in [1.165, 1.54) is 0 Å². The standard InChI is InChI=1S/C16H18BrNO2/c1-11(18)14-5-3-4-6-16(14)20-10-12-9-13(17)7-8-15(12)19-2/h3-9,11H,10,18H2,1-2H3/t11-/m0/s1. The van der Waals surface area contributed by atoms with Gasteiger partial charge in [-0.2, -0.15) is 0 Å². The number of nitrogens with two attached hydrogens (primary N) is 1. The molecular weight excluding hydrogens is 318 g/mol. The van der Waals surface area contributed by atoms with E-state index in [1.807, 2.05) is 49.4 Å². The average Bonchev–Trinajstić information content (AvgIpc) is 2.45. The fraction of sp³-hybridized carbons (Fsp3) is 0.250. The lowest BCUT2D eigenvalue weighted by Gasteiger charge is -2.15. The molecule has 2 aromatic rings. The van der Waals surface area contributed by atoms with E-state index in [0.717, 1.165) is 27.1 Å². The second kappa shape index (κ2) is 6.77. The van der Waals surface area contributed by atoms with Crippen molar-refractivity contribution in [1.29, 1.82) is 0 Å². The minimum absolute atomic E-state index is 0.0596. The van der Waals surface area contributed by atoms with Gasteiger partial charge in [-0.15, -0.1) is 0 Å². The summed E-state index contributed by atoms with van der Waals surface area (Å²) in [5.41, 5.74) is 7.94. The Morgan fingerprint density at radius 1 is 1.15 bits per heavy atom. The molecule has 0 fully saturated rings. The van der Waals surface area contributed by atoms with Crippen molar-refractivity contribution in [3.8, 4) is 11.5 Å². The Morgan fingerprint density at radius 2 is 1.90 bits per heavy atom. The quantitative estimate of drug-likeness (QED) is 0.896. The van der Waals surface area contributed by atoms with Crippen LogP contribution >= 0.6 is 15.9 Å². The van der Waals surface area contributed by atoms with E-state index in [4.69, 9.17) is 15.2 Å². The van der Waals surface area contributed by atoms with E-state index in [-0.39, 0.29) is 6.04 Å². The summed E-state index contributed by atoms with van der Waals surface area (Å²) < 4.78 is 12.2. The predicted octanol–water partition coefficient (Wildman–Crippen LogP) is 4.06. The van der Waals surface area contributed by atoms with E-state index in [2.05, 4.69) is 15.9 Å². The van der Waals surface area contributed by atoms with Crippen LogP contribution in [0.4, 0.5) is 0 Å².